The highest BCUT2D eigenvalue weighted by atomic mass is 16.5. The molecule has 0 aliphatic carbocycles. The molecule has 0 spiro atoms. The number of nitriles is 1. The highest BCUT2D eigenvalue weighted by Gasteiger charge is 2.13. The summed E-state index contributed by atoms with van der Waals surface area (Å²) >= 11 is 0. The van der Waals surface area contributed by atoms with Crippen molar-refractivity contribution in [3.63, 3.8) is 0 Å². The van der Waals surface area contributed by atoms with Gasteiger partial charge in [0.05, 0.1) is 18.2 Å². The van der Waals surface area contributed by atoms with Crippen LogP contribution in [0.15, 0.2) is 24.3 Å². The Kier molecular flexibility index (Phi) is 3.79. The van der Waals surface area contributed by atoms with Crippen molar-refractivity contribution in [1.82, 2.24) is 5.32 Å². The zero-order valence-corrected chi connectivity index (χ0v) is 9.28. The predicted molar refractivity (Wildman–Crippen MR) is 62.2 cm³/mol. The number of piperidine rings is 1. The Morgan fingerprint density at radius 1 is 1.25 bits per heavy atom. The number of rotatable bonds is 3. The first-order chi connectivity index (χ1) is 7.88. The first kappa shape index (κ1) is 11.0. The molecule has 1 saturated heterocycles. The number of nitrogens with one attached hydrogen (secondary N) is 1. The third-order valence-corrected chi connectivity index (χ3v) is 2.93. The number of nitrogens with zero attached hydrogens (tertiary/aromatic N) is 1. The van der Waals surface area contributed by atoms with E-state index in [9.17, 15) is 0 Å². The van der Waals surface area contributed by atoms with Crippen LogP contribution in [0.5, 0.6) is 5.75 Å². The van der Waals surface area contributed by atoms with Crippen LogP contribution in [0.3, 0.4) is 0 Å². The molecule has 0 saturated carbocycles. The minimum atomic E-state index is 0.664. The molecule has 1 fully saturated rings. The average Bonchev–Trinajstić information content (AvgIpc) is 2.38. The first-order valence-corrected chi connectivity index (χ1v) is 5.72. The highest BCUT2D eigenvalue weighted by molar-refractivity contribution is 5.34. The van der Waals surface area contributed by atoms with Gasteiger partial charge in [0.15, 0.2) is 0 Å². The van der Waals surface area contributed by atoms with E-state index in [2.05, 4.69) is 11.4 Å². The normalized spacial score (nSPS) is 16.7. The van der Waals surface area contributed by atoms with Crippen LogP contribution in [0.2, 0.25) is 0 Å². The minimum absolute atomic E-state index is 0.664. The first-order valence-electron chi connectivity index (χ1n) is 5.72. The molecule has 0 unspecified atom stereocenters. The van der Waals surface area contributed by atoms with E-state index in [0.29, 0.717) is 11.5 Å². The van der Waals surface area contributed by atoms with E-state index >= 15 is 0 Å². The molecule has 3 heteroatoms. The summed E-state index contributed by atoms with van der Waals surface area (Å²) < 4.78 is 5.71. The van der Waals surface area contributed by atoms with Crippen LogP contribution >= 0.6 is 0 Å². The van der Waals surface area contributed by atoms with Crippen LogP contribution < -0.4 is 10.1 Å². The standard InChI is InChI=1S/C13H16N2O/c14-9-11-1-3-13(4-2-11)16-10-12-5-7-15-8-6-12/h1-4,12,15H,5-8,10H2. The van der Waals surface area contributed by atoms with Gasteiger partial charge in [-0.15, -0.1) is 0 Å². The number of ether oxygens (including phenoxy) is 1. The second-order valence-corrected chi connectivity index (χ2v) is 4.14. The zero-order chi connectivity index (χ0) is 11.2. The molecule has 1 aromatic rings. The number of hydrogen-bond acceptors (Lipinski definition) is 3. The Morgan fingerprint density at radius 3 is 2.56 bits per heavy atom. The molecule has 1 N–H and O–H groups in total. The maximum absolute atomic E-state index is 8.66. The van der Waals surface area contributed by atoms with Gasteiger partial charge in [-0.25, -0.2) is 0 Å². The van der Waals surface area contributed by atoms with E-state index in [4.69, 9.17) is 10.00 Å². The molecule has 0 bridgehead atoms. The van der Waals surface area contributed by atoms with Gasteiger partial charge >= 0.3 is 0 Å². The molecule has 84 valence electrons. The topological polar surface area (TPSA) is 45.0 Å². The molecule has 1 aliphatic heterocycles. The van der Waals surface area contributed by atoms with Gasteiger partial charge in [-0.1, -0.05) is 0 Å². The summed E-state index contributed by atoms with van der Waals surface area (Å²) in [6.45, 7) is 2.98. The van der Waals surface area contributed by atoms with E-state index in [1.54, 1.807) is 12.1 Å². The van der Waals surface area contributed by atoms with Crippen molar-refractivity contribution in [1.29, 1.82) is 5.26 Å². The maximum Gasteiger partial charge on any atom is 0.119 e. The van der Waals surface area contributed by atoms with Crippen LogP contribution in [0.1, 0.15) is 18.4 Å². The Hall–Kier alpha value is -1.53. The third kappa shape index (κ3) is 2.98. The molecule has 0 aromatic heterocycles. The lowest BCUT2D eigenvalue weighted by Crippen LogP contribution is -2.30. The van der Waals surface area contributed by atoms with Crippen molar-refractivity contribution in [3.05, 3.63) is 29.8 Å². The van der Waals surface area contributed by atoms with Crippen molar-refractivity contribution in [3.8, 4) is 11.8 Å². The van der Waals surface area contributed by atoms with Gasteiger partial charge in [0.2, 0.25) is 0 Å². The summed E-state index contributed by atoms with van der Waals surface area (Å²) in [6.07, 6.45) is 2.38. The van der Waals surface area contributed by atoms with Crippen LogP contribution in [-0.4, -0.2) is 19.7 Å². The summed E-state index contributed by atoms with van der Waals surface area (Å²) in [6, 6.07) is 9.40. The lowest BCUT2D eigenvalue weighted by Gasteiger charge is -2.22. The summed E-state index contributed by atoms with van der Waals surface area (Å²) in [4.78, 5) is 0. The third-order valence-electron chi connectivity index (χ3n) is 2.93. The minimum Gasteiger partial charge on any atom is -0.493 e. The number of benzene rings is 1. The van der Waals surface area contributed by atoms with Gasteiger partial charge in [0, 0.05) is 0 Å². The molecule has 0 atom stereocenters. The fourth-order valence-electron chi connectivity index (χ4n) is 1.89. The molecule has 1 aliphatic rings. The quantitative estimate of drug-likeness (QED) is 0.839. The lowest BCUT2D eigenvalue weighted by molar-refractivity contribution is 0.215. The highest BCUT2D eigenvalue weighted by Crippen LogP contribution is 2.16. The number of hydrogen-bond donors (Lipinski definition) is 1. The fourth-order valence-corrected chi connectivity index (χ4v) is 1.89. The predicted octanol–water partition coefficient (Wildman–Crippen LogP) is 1.94. The lowest BCUT2D eigenvalue weighted by atomic mass is 9.99. The van der Waals surface area contributed by atoms with Gasteiger partial charge in [0.25, 0.3) is 0 Å². The molecule has 0 radical (unpaired) electrons. The van der Waals surface area contributed by atoms with Crippen molar-refractivity contribution in [2.45, 2.75) is 12.8 Å². The van der Waals surface area contributed by atoms with Crippen LogP contribution in [-0.2, 0) is 0 Å². The van der Waals surface area contributed by atoms with E-state index in [1.807, 2.05) is 12.1 Å². The van der Waals surface area contributed by atoms with E-state index in [-0.39, 0.29) is 0 Å². The second-order valence-electron chi connectivity index (χ2n) is 4.14. The molecular formula is C13H16N2O. The Balaban J connectivity index is 1.82. The largest absolute Gasteiger partial charge is 0.493 e. The van der Waals surface area contributed by atoms with Gasteiger partial charge in [-0.05, 0) is 56.1 Å². The molecule has 1 heterocycles. The van der Waals surface area contributed by atoms with Crippen molar-refractivity contribution in [2.24, 2.45) is 5.92 Å². The summed E-state index contributed by atoms with van der Waals surface area (Å²) in [7, 11) is 0. The zero-order valence-electron chi connectivity index (χ0n) is 9.28. The summed E-state index contributed by atoms with van der Waals surface area (Å²) in [5.74, 6) is 1.52. The van der Waals surface area contributed by atoms with Gasteiger partial charge in [-0.2, -0.15) is 5.26 Å². The SMILES string of the molecule is N#Cc1ccc(OCC2CCNCC2)cc1. The second kappa shape index (κ2) is 5.53. The maximum atomic E-state index is 8.66. The summed E-state index contributed by atoms with van der Waals surface area (Å²) in [5, 5.41) is 12.0. The Morgan fingerprint density at radius 2 is 1.94 bits per heavy atom. The van der Waals surface area contributed by atoms with Crippen molar-refractivity contribution < 1.29 is 4.74 Å². The van der Waals surface area contributed by atoms with Gasteiger partial charge in [0.1, 0.15) is 5.75 Å². The molecule has 16 heavy (non-hydrogen) atoms. The van der Waals surface area contributed by atoms with Crippen LogP contribution in [0.25, 0.3) is 0 Å². The monoisotopic (exact) mass is 216 g/mol. The van der Waals surface area contributed by atoms with Gasteiger partial charge in [-0.3, -0.25) is 0 Å². The molecule has 0 amide bonds. The Labute approximate surface area is 96.0 Å². The molecule has 2 rings (SSSR count). The fraction of sp³-hybridized carbons (Fsp3) is 0.462. The average molecular weight is 216 g/mol. The summed E-state index contributed by atoms with van der Waals surface area (Å²) in [5.41, 5.74) is 0.675. The Bertz CT molecular complexity index is 361. The van der Waals surface area contributed by atoms with Crippen molar-refractivity contribution >= 4 is 0 Å². The van der Waals surface area contributed by atoms with Crippen LogP contribution in [0, 0.1) is 17.2 Å². The van der Waals surface area contributed by atoms with E-state index in [1.165, 1.54) is 12.8 Å². The van der Waals surface area contributed by atoms with E-state index in [0.717, 1.165) is 25.4 Å². The molecular weight excluding hydrogens is 200 g/mol. The van der Waals surface area contributed by atoms with Crippen molar-refractivity contribution in [2.75, 3.05) is 19.7 Å². The van der Waals surface area contributed by atoms with E-state index < -0.39 is 0 Å². The van der Waals surface area contributed by atoms with Crippen LogP contribution in [0.4, 0.5) is 0 Å². The molecule has 1 aromatic carbocycles. The molecule has 3 nitrogen and oxygen atoms in total. The smallest absolute Gasteiger partial charge is 0.119 e. The van der Waals surface area contributed by atoms with Gasteiger partial charge < -0.3 is 10.1 Å².